The molecule has 3 heterocycles. The summed E-state index contributed by atoms with van der Waals surface area (Å²) in [5, 5.41) is 15.9. The summed E-state index contributed by atoms with van der Waals surface area (Å²) in [5.41, 5.74) is 3.87. The van der Waals surface area contributed by atoms with Crippen LogP contribution in [0.2, 0.25) is 0 Å². The molecule has 0 bridgehead atoms. The zero-order valence-corrected chi connectivity index (χ0v) is 15.1. The Morgan fingerprint density at radius 2 is 2.19 bits per heavy atom. The van der Waals surface area contributed by atoms with Crippen molar-refractivity contribution in [2.75, 3.05) is 0 Å². The maximum atomic E-state index is 13.2. The zero-order chi connectivity index (χ0) is 18.4. The van der Waals surface area contributed by atoms with E-state index in [9.17, 15) is 9.90 Å². The number of amides is 1. The largest absolute Gasteiger partial charge is 0.509 e. The fourth-order valence-electron chi connectivity index (χ4n) is 5.54. The summed E-state index contributed by atoms with van der Waals surface area (Å²) in [6.45, 7) is 5.87. The van der Waals surface area contributed by atoms with E-state index in [2.05, 4.69) is 42.1 Å². The van der Waals surface area contributed by atoms with E-state index in [1.54, 1.807) is 6.92 Å². The standard InChI is InChI=1S/C20H22N4O2/c1-9(23-21)14-18(25)17-16-11-8-22-13-6-4-5-10(15(11)13)7-12(16)20(2,3)24(17)19(14)26/h4-6,8,12,16-17,22,25H,7,21H2,1-3H3/b23-9+/t12-,16+,17+/m1/s1. The highest BCUT2D eigenvalue weighted by molar-refractivity contribution is 6.23. The molecule has 0 spiro atoms. The normalized spacial score (nSPS) is 29.5. The topological polar surface area (TPSA) is 94.7 Å². The number of nitrogens with zero attached hydrogens (tertiary/aromatic N) is 2. The van der Waals surface area contributed by atoms with Crippen LogP contribution in [0.5, 0.6) is 0 Å². The first-order valence-electron chi connectivity index (χ1n) is 8.98. The summed E-state index contributed by atoms with van der Waals surface area (Å²) < 4.78 is 0. The van der Waals surface area contributed by atoms with Crippen molar-refractivity contribution in [3.05, 3.63) is 46.9 Å². The Labute approximate surface area is 151 Å². The third-order valence-corrected chi connectivity index (χ3v) is 6.73. The smallest absolute Gasteiger partial charge is 0.260 e. The average Bonchev–Trinajstić information content (AvgIpc) is 3.22. The van der Waals surface area contributed by atoms with Gasteiger partial charge in [-0.3, -0.25) is 4.79 Å². The van der Waals surface area contributed by atoms with E-state index >= 15 is 0 Å². The number of carbonyl (C=O) groups excluding carboxylic acids is 1. The summed E-state index contributed by atoms with van der Waals surface area (Å²) in [5.74, 6) is 5.63. The minimum atomic E-state index is -0.381. The van der Waals surface area contributed by atoms with Gasteiger partial charge in [0, 0.05) is 28.6 Å². The first kappa shape index (κ1) is 15.5. The lowest BCUT2D eigenvalue weighted by molar-refractivity contribution is -0.130. The number of aliphatic hydroxyl groups excluding tert-OH is 1. The number of rotatable bonds is 1. The summed E-state index contributed by atoms with van der Waals surface area (Å²) in [6.07, 6.45) is 2.94. The Morgan fingerprint density at radius 3 is 2.92 bits per heavy atom. The van der Waals surface area contributed by atoms with Gasteiger partial charge in [-0.2, -0.15) is 5.10 Å². The molecular weight excluding hydrogens is 328 g/mol. The van der Waals surface area contributed by atoms with Gasteiger partial charge in [0.1, 0.15) is 11.3 Å². The monoisotopic (exact) mass is 350 g/mol. The van der Waals surface area contributed by atoms with Gasteiger partial charge in [-0.05, 0) is 50.3 Å². The molecule has 1 amide bonds. The highest BCUT2D eigenvalue weighted by Crippen LogP contribution is 2.58. The van der Waals surface area contributed by atoms with Gasteiger partial charge in [0.2, 0.25) is 0 Å². The van der Waals surface area contributed by atoms with Crippen LogP contribution in [0.1, 0.15) is 37.8 Å². The Morgan fingerprint density at radius 1 is 1.42 bits per heavy atom. The fourth-order valence-corrected chi connectivity index (χ4v) is 5.54. The number of hydrogen-bond donors (Lipinski definition) is 3. The van der Waals surface area contributed by atoms with Crippen molar-refractivity contribution in [1.29, 1.82) is 0 Å². The van der Waals surface area contributed by atoms with Crippen LogP contribution in [0, 0.1) is 5.92 Å². The molecule has 2 aliphatic heterocycles. The quantitative estimate of drug-likeness (QED) is 0.419. The van der Waals surface area contributed by atoms with Gasteiger partial charge in [-0.25, -0.2) is 0 Å². The molecule has 0 saturated carbocycles. The van der Waals surface area contributed by atoms with Crippen molar-refractivity contribution < 1.29 is 9.90 Å². The van der Waals surface area contributed by atoms with E-state index in [-0.39, 0.29) is 40.7 Å². The fraction of sp³-hybridized carbons (Fsp3) is 0.400. The predicted octanol–water partition coefficient (Wildman–Crippen LogP) is 2.57. The molecule has 0 radical (unpaired) electrons. The number of hydrogen-bond acceptors (Lipinski definition) is 4. The molecule has 6 heteroatoms. The molecule has 4 N–H and O–H groups in total. The molecule has 1 aromatic carbocycles. The predicted molar refractivity (Wildman–Crippen MR) is 99.9 cm³/mol. The molecule has 3 atom stereocenters. The van der Waals surface area contributed by atoms with E-state index in [1.165, 1.54) is 16.5 Å². The lowest BCUT2D eigenvalue weighted by atomic mass is 9.69. The van der Waals surface area contributed by atoms with Crippen molar-refractivity contribution in [2.45, 2.75) is 44.7 Å². The van der Waals surface area contributed by atoms with Crippen LogP contribution >= 0.6 is 0 Å². The number of aromatic nitrogens is 1. The molecule has 1 saturated heterocycles. The lowest BCUT2D eigenvalue weighted by Crippen LogP contribution is -2.47. The number of fused-ring (bicyclic) bond motifs is 4. The minimum absolute atomic E-state index is 0.0562. The number of benzene rings is 1. The SMILES string of the molecule is C/C(=N\N)C1=C(O)[C@@H]2[C@H]3c4c[nH]c5cccc(c45)C[C@H]3C(C)(C)N2C1=O. The number of H-pyrrole nitrogens is 1. The second-order valence-corrected chi connectivity index (χ2v) is 8.17. The van der Waals surface area contributed by atoms with Crippen LogP contribution in [0.4, 0.5) is 0 Å². The van der Waals surface area contributed by atoms with Crippen molar-refractivity contribution >= 4 is 22.5 Å². The van der Waals surface area contributed by atoms with Crippen molar-refractivity contribution in [1.82, 2.24) is 9.88 Å². The molecule has 1 aliphatic carbocycles. The zero-order valence-electron chi connectivity index (χ0n) is 15.1. The molecule has 3 aliphatic rings. The van der Waals surface area contributed by atoms with E-state index in [1.807, 2.05) is 11.1 Å². The van der Waals surface area contributed by atoms with Gasteiger partial charge in [-0.15, -0.1) is 0 Å². The number of carbonyl (C=O) groups is 1. The van der Waals surface area contributed by atoms with Crippen LogP contribution in [-0.2, 0) is 11.2 Å². The van der Waals surface area contributed by atoms with Crippen molar-refractivity contribution in [3.8, 4) is 0 Å². The van der Waals surface area contributed by atoms with Crippen LogP contribution in [0.15, 0.2) is 40.8 Å². The second-order valence-electron chi connectivity index (χ2n) is 8.17. The van der Waals surface area contributed by atoms with Gasteiger partial charge in [-0.1, -0.05) is 12.1 Å². The first-order valence-corrected chi connectivity index (χ1v) is 8.98. The van der Waals surface area contributed by atoms with Crippen LogP contribution in [-0.4, -0.2) is 38.2 Å². The van der Waals surface area contributed by atoms with E-state index in [0.717, 1.165) is 11.9 Å². The number of aliphatic hydroxyl groups is 1. The summed E-state index contributed by atoms with van der Waals surface area (Å²) in [7, 11) is 0. The Hall–Kier alpha value is -2.76. The highest BCUT2D eigenvalue weighted by Gasteiger charge is 2.62. The molecule has 0 unspecified atom stereocenters. The van der Waals surface area contributed by atoms with E-state index in [4.69, 9.17) is 5.84 Å². The molecule has 1 aromatic heterocycles. The van der Waals surface area contributed by atoms with Crippen LogP contribution < -0.4 is 5.84 Å². The molecule has 1 fully saturated rings. The summed E-state index contributed by atoms with van der Waals surface area (Å²) in [4.78, 5) is 18.4. The number of hydrazone groups is 1. The summed E-state index contributed by atoms with van der Waals surface area (Å²) >= 11 is 0. The van der Waals surface area contributed by atoms with Gasteiger partial charge in [0.15, 0.2) is 0 Å². The van der Waals surface area contributed by atoms with Gasteiger partial charge >= 0.3 is 0 Å². The van der Waals surface area contributed by atoms with Crippen LogP contribution in [0.25, 0.3) is 10.9 Å². The molecule has 134 valence electrons. The molecule has 6 nitrogen and oxygen atoms in total. The Balaban J connectivity index is 1.77. The minimum Gasteiger partial charge on any atom is -0.509 e. The van der Waals surface area contributed by atoms with E-state index in [0.29, 0.717) is 5.71 Å². The van der Waals surface area contributed by atoms with Crippen molar-refractivity contribution in [3.63, 3.8) is 0 Å². The molecule has 2 aromatic rings. The highest BCUT2D eigenvalue weighted by atomic mass is 16.3. The van der Waals surface area contributed by atoms with Crippen LogP contribution in [0.3, 0.4) is 0 Å². The number of nitrogens with two attached hydrogens (primary N) is 1. The number of nitrogens with one attached hydrogen (secondary N) is 1. The average molecular weight is 350 g/mol. The summed E-state index contributed by atoms with van der Waals surface area (Å²) in [6, 6.07) is 5.96. The molecule has 26 heavy (non-hydrogen) atoms. The van der Waals surface area contributed by atoms with Crippen molar-refractivity contribution in [2.24, 2.45) is 16.9 Å². The Bertz CT molecular complexity index is 1030. The lowest BCUT2D eigenvalue weighted by Gasteiger charge is -2.37. The second kappa shape index (κ2) is 4.69. The van der Waals surface area contributed by atoms with Gasteiger partial charge in [0.25, 0.3) is 5.91 Å². The first-order chi connectivity index (χ1) is 12.4. The maximum Gasteiger partial charge on any atom is 0.260 e. The number of aromatic amines is 1. The third-order valence-electron chi connectivity index (χ3n) is 6.73. The molecule has 5 rings (SSSR count). The van der Waals surface area contributed by atoms with E-state index < -0.39 is 0 Å². The van der Waals surface area contributed by atoms with Gasteiger partial charge < -0.3 is 20.8 Å². The third kappa shape index (κ3) is 1.58. The Kier molecular flexibility index (Phi) is 2.80. The maximum absolute atomic E-state index is 13.2. The van der Waals surface area contributed by atoms with Gasteiger partial charge in [0.05, 0.1) is 11.8 Å². The molecular formula is C20H22N4O2.